The highest BCUT2D eigenvalue weighted by atomic mass is 14.8. The molecule has 0 atom stereocenters. The monoisotopic (exact) mass is 125 g/mol. The van der Waals surface area contributed by atoms with Gasteiger partial charge in [-0.3, -0.25) is 4.99 Å². The summed E-state index contributed by atoms with van der Waals surface area (Å²) in [6, 6.07) is 0.418. The molecule has 0 fully saturated rings. The van der Waals surface area contributed by atoms with Crippen molar-refractivity contribution in [3.05, 3.63) is 12.2 Å². The quantitative estimate of drug-likeness (QED) is 0.503. The molecule has 0 aliphatic carbocycles. The van der Waals surface area contributed by atoms with E-state index in [1.807, 2.05) is 26.0 Å². The third-order valence-corrected chi connectivity index (χ3v) is 0.870. The standard InChI is InChI=1S/C8H15N/c1-5-6-8(4)9-7(2)3/h5-7H,1-4H3/b6-5-,9-8-. The van der Waals surface area contributed by atoms with Gasteiger partial charge in [-0.1, -0.05) is 6.08 Å². The fourth-order valence-electron chi connectivity index (χ4n) is 0.692. The second kappa shape index (κ2) is 4.30. The molecule has 0 aliphatic rings. The van der Waals surface area contributed by atoms with Crippen molar-refractivity contribution >= 4 is 5.71 Å². The van der Waals surface area contributed by atoms with Crippen molar-refractivity contribution in [3.63, 3.8) is 0 Å². The molecule has 0 aliphatic heterocycles. The molecule has 0 saturated heterocycles. The zero-order valence-electron chi connectivity index (χ0n) is 6.68. The van der Waals surface area contributed by atoms with E-state index < -0.39 is 0 Å². The Labute approximate surface area is 57.5 Å². The summed E-state index contributed by atoms with van der Waals surface area (Å²) in [4.78, 5) is 4.30. The van der Waals surface area contributed by atoms with Gasteiger partial charge >= 0.3 is 0 Å². The van der Waals surface area contributed by atoms with Crippen LogP contribution in [0.25, 0.3) is 0 Å². The number of hydrogen-bond acceptors (Lipinski definition) is 1. The number of allylic oxidation sites excluding steroid dienone is 2. The van der Waals surface area contributed by atoms with E-state index in [4.69, 9.17) is 0 Å². The molecular formula is C8H15N. The van der Waals surface area contributed by atoms with Crippen LogP contribution in [0.3, 0.4) is 0 Å². The first-order chi connectivity index (χ1) is 4.16. The zero-order chi connectivity index (χ0) is 7.28. The molecule has 0 saturated carbocycles. The van der Waals surface area contributed by atoms with Gasteiger partial charge in [0.2, 0.25) is 0 Å². The highest BCUT2D eigenvalue weighted by Gasteiger charge is 1.85. The lowest BCUT2D eigenvalue weighted by molar-refractivity contribution is 0.836. The van der Waals surface area contributed by atoms with Gasteiger partial charge in [-0.05, 0) is 33.8 Å². The van der Waals surface area contributed by atoms with Crippen molar-refractivity contribution < 1.29 is 0 Å². The van der Waals surface area contributed by atoms with Crippen molar-refractivity contribution in [2.24, 2.45) is 4.99 Å². The van der Waals surface area contributed by atoms with Gasteiger partial charge in [-0.25, -0.2) is 0 Å². The normalized spacial score (nSPS) is 13.7. The Morgan fingerprint density at radius 2 is 2.00 bits per heavy atom. The summed E-state index contributed by atoms with van der Waals surface area (Å²) < 4.78 is 0. The van der Waals surface area contributed by atoms with Gasteiger partial charge in [-0.2, -0.15) is 0 Å². The molecule has 0 unspecified atom stereocenters. The molecule has 0 aromatic carbocycles. The first-order valence-corrected chi connectivity index (χ1v) is 3.34. The first-order valence-electron chi connectivity index (χ1n) is 3.34. The maximum atomic E-state index is 4.30. The van der Waals surface area contributed by atoms with E-state index >= 15 is 0 Å². The minimum Gasteiger partial charge on any atom is -0.287 e. The van der Waals surface area contributed by atoms with Crippen LogP contribution in [0.4, 0.5) is 0 Å². The molecule has 0 heterocycles. The largest absolute Gasteiger partial charge is 0.287 e. The average Bonchev–Trinajstić information content (AvgIpc) is 1.63. The third kappa shape index (κ3) is 5.28. The van der Waals surface area contributed by atoms with Gasteiger partial charge < -0.3 is 0 Å². The van der Waals surface area contributed by atoms with Gasteiger partial charge in [-0.15, -0.1) is 0 Å². The molecule has 1 heteroatoms. The Kier molecular flexibility index (Phi) is 4.02. The van der Waals surface area contributed by atoms with Crippen LogP contribution < -0.4 is 0 Å². The molecule has 0 aromatic heterocycles. The Morgan fingerprint density at radius 3 is 2.33 bits per heavy atom. The lowest BCUT2D eigenvalue weighted by Gasteiger charge is -1.95. The molecule has 0 aromatic rings. The topological polar surface area (TPSA) is 12.4 Å². The van der Waals surface area contributed by atoms with Gasteiger partial charge in [0.05, 0.1) is 0 Å². The third-order valence-electron chi connectivity index (χ3n) is 0.870. The number of rotatable bonds is 2. The predicted octanol–water partition coefficient (Wildman–Crippen LogP) is 2.43. The minimum absolute atomic E-state index is 0.418. The summed E-state index contributed by atoms with van der Waals surface area (Å²) in [5.41, 5.74) is 1.10. The first kappa shape index (κ1) is 8.41. The highest BCUT2D eigenvalue weighted by Crippen LogP contribution is 1.88. The highest BCUT2D eigenvalue weighted by molar-refractivity contribution is 5.92. The van der Waals surface area contributed by atoms with Crippen LogP contribution in [0.15, 0.2) is 17.1 Å². The van der Waals surface area contributed by atoms with E-state index in [9.17, 15) is 0 Å². The van der Waals surface area contributed by atoms with E-state index in [-0.39, 0.29) is 0 Å². The maximum absolute atomic E-state index is 4.30. The van der Waals surface area contributed by atoms with Crippen LogP contribution in [-0.2, 0) is 0 Å². The lowest BCUT2D eigenvalue weighted by Crippen LogP contribution is -1.93. The summed E-state index contributed by atoms with van der Waals surface area (Å²) >= 11 is 0. The summed E-state index contributed by atoms with van der Waals surface area (Å²) in [6.07, 6.45) is 4.02. The van der Waals surface area contributed by atoms with Crippen molar-refractivity contribution in [2.75, 3.05) is 0 Å². The summed E-state index contributed by atoms with van der Waals surface area (Å²) in [5.74, 6) is 0. The fourth-order valence-corrected chi connectivity index (χ4v) is 0.692. The summed E-state index contributed by atoms with van der Waals surface area (Å²) in [5, 5.41) is 0. The smallest absolute Gasteiger partial charge is 0.0446 e. The van der Waals surface area contributed by atoms with Crippen LogP contribution >= 0.6 is 0 Å². The van der Waals surface area contributed by atoms with Crippen molar-refractivity contribution in [1.29, 1.82) is 0 Å². The zero-order valence-corrected chi connectivity index (χ0v) is 6.68. The maximum Gasteiger partial charge on any atom is 0.0446 e. The Balaban J connectivity index is 3.84. The van der Waals surface area contributed by atoms with Crippen LogP contribution in [0.1, 0.15) is 27.7 Å². The number of nitrogens with zero attached hydrogens (tertiary/aromatic N) is 1. The number of aliphatic imine (C=N–C) groups is 1. The van der Waals surface area contributed by atoms with Gasteiger partial charge in [0.25, 0.3) is 0 Å². The molecule has 0 amide bonds. The van der Waals surface area contributed by atoms with E-state index in [1.165, 1.54) is 0 Å². The molecular weight excluding hydrogens is 110 g/mol. The van der Waals surface area contributed by atoms with Crippen molar-refractivity contribution in [3.8, 4) is 0 Å². The summed E-state index contributed by atoms with van der Waals surface area (Å²) in [6.45, 7) is 8.17. The van der Waals surface area contributed by atoms with Gasteiger partial charge in [0.1, 0.15) is 0 Å². The van der Waals surface area contributed by atoms with Gasteiger partial charge in [0, 0.05) is 11.8 Å². The van der Waals surface area contributed by atoms with Crippen LogP contribution in [-0.4, -0.2) is 11.8 Å². The minimum atomic E-state index is 0.418. The molecule has 0 bridgehead atoms. The Morgan fingerprint density at radius 1 is 1.44 bits per heavy atom. The Hall–Kier alpha value is -0.590. The van der Waals surface area contributed by atoms with E-state index in [1.54, 1.807) is 0 Å². The molecule has 0 spiro atoms. The average molecular weight is 125 g/mol. The van der Waals surface area contributed by atoms with Crippen molar-refractivity contribution in [1.82, 2.24) is 0 Å². The SMILES string of the molecule is C/C=C\C(C)=N/C(C)C. The molecule has 0 radical (unpaired) electrons. The van der Waals surface area contributed by atoms with Crippen molar-refractivity contribution in [2.45, 2.75) is 33.7 Å². The molecule has 0 N–H and O–H groups in total. The van der Waals surface area contributed by atoms with E-state index in [2.05, 4.69) is 18.8 Å². The van der Waals surface area contributed by atoms with E-state index in [0.29, 0.717) is 6.04 Å². The number of hydrogen-bond donors (Lipinski definition) is 0. The molecule has 9 heavy (non-hydrogen) atoms. The fraction of sp³-hybridized carbons (Fsp3) is 0.625. The Bertz CT molecular complexity index is 121. The summed E-state index contributed by atoms with van der Waals surface area (Å²) in [7, 11) is 0. The lowest BCUT2D eigenvalue weighted by atomic mass is 10.3. The predicted molar refractivity (Wildman–Crippen MR) is 43.1 cm³/mol. The second-order valence-electron chi connectivity index (χ2n) is 2.36. The van der Waals surface area contributed by atoms with Crippen LogP contribution in [0, 0.1) is 0 Å². The van der Waals surface area contributed by atoms with Crippen LogP contribution in [0.5, 0.6) is 0 Å². The molecule has 1 nitrogen and oxygen atoms in total. The second-order valence-corrected chi connectivity index (χ2v) is 2.36. The van der Waals surface area contributed by atoms with Gasteiger partial charge in [0.15, 0.2) is 0 Å². The molecule has 0 rings (SSSR count). The van der Waals surface area contributed by atoms with Crippen LogP contribution in [0.2, 0.25) is 0 Å². The van der Waals surface area contributed by atoms with E-state index in [0.717, 1.165) is 5.71 Å². The molecule has 52 valence electrons.